The van der Waals surface area contributed by atoms with Gasteiger partial charge in [-0.2, -0.15) is 0 Å². The summed E-state index contributed by atoms with van der Waals surface area (Å²) in [5.74, 6) is 0.346. The average Bonchev–Trinajstić information content (AvgIpc) is 2.26. The second kappa shape index (κ2) is 8.98. The van der Waals surface area contributed by atoms with Gasteiger partial charge in [0.1, 0.15) is 0 Å². The summed E-state index contributed by atoms with van der Waals surface area (Å²) in [5.41, 5.74) is 0. The van der Waals surface area contributed by atoms with Crippen LogP contribution in [0.15, 0.2) is 0 Å². The molecule has 0 fully saturated rings. The van der Waals surface area contributed by atoms with Crippen LogP contribution in [0.25, 0.3) is 0 Å². The first kappa shape index (κ1) is 15.9. The Bertz CT molecular complexity index is 242. The van der Waals surface area contributed by atoms with E-state index in [0.29, 0.717) is 32.0 Å². The molecule has 0 spiro atoms. The van der Waals surface area contributed by atoms with Crippen molar-refractivity contribution in [3.63, 3.8) is 0 Å². The third kappa shape index (κ3) is 8.68. The van der Waals surface area contributed by atoms with Crippen molar-refractivity contribution in [3.05, 3.63) is 0 Å². The van der Waals surface area contributed by atoms with Gasteiger partial charge in [0, 0.05) is 32.0 Å². The van der Waals surface area contributed by atoms with E-state index in [1.54, 1.807) is 0 Å². The molecule has 2 amide bonds. The summed E-state index contributed by atoms with van der Waals surface area (Å²) in [4.78, 5) is 22.8. The molecule has 0 saturated heterocycles. The molecule has 0 aromatic carbocycles. The smallest absolute Gasteiger partial charge is 0.224 e. The van der Waals surface area contributed by atoms with Crippen LogP contribution in [0, 0.1) is 11.8 Å². The summed E-state index contributed by atoms with van der Waals surface area (Å²) in [6, 6.07) is 0. The number of carbonyl (C=O) groups excluding carboxylic acids is 2. The molecule has 0 aromatic heterocycles. The summed E-state index contributed by atoms with van der Waals surface area (Å²) in [6.45, 7) is 7.67. The van der Waals surface area contributed by atoms with E-state index < -0.39 is 0 Å². The monoisotopic (exact) mass is 243 g/mol. The first-order valence-electron chi connectivity index (χ1n) is 6.16. The Hall–Kier alpha value is -1.10. The zero-order chi connectivity index (χ0) is 13.3. The van der Waals surface area contributed by atoms with Crippen LogP contribution in [-0.2, 0) is 9.59 Å². The highest BCUT2D eigenvalue weighted by molar-refractivity contribution is 5.80. The van der Waals surface area contributed by atoms with Gasteiger partial charge in [0.25, 0.3) is 0 Å². The van der Waals surface area contributed by atoms with Crippen molar-refractivity contribution in [3.8, 4) is 0 Å². The first-order valence-corrected chi connectivity index (χ1v) is 6.16. The van der Waals surface area contributed by atoms with Gasteiger partial charge in [0.15, 0.2) is 0 Å². The van der Waals surface area contributed by atoms with E-state index in [2.05, 4.69) is 16.0 Å². The molecule has 5 nitrogen and oxygen atoms in total. The molecule has 0 rings (SSSR count). The van der Waals surface area contributed by atoms with Crippen LogP contribution < -0.4 is 16.0 Å². The fourth-order valence-electron chi connectivity index (χ4n) is 1.28. The Morgan fingerprint density at radius 1 is 1.06 bits per heavy atom. The molecule has 17 heavy (non-hydrogen) atoms. The zero-order valence-corrected chi connectivity index (χ0v) is 11.3. The van der Waals surface area contributed by atoms with Gasteiger partial charge in [-0.3, -0.25) is 9.59 Å². The number of carbonyl (C=O) groups is 2. The van der Waals surface area contributed by atoms with Gasteiger partial charge in [-0.05, 0) is 13.0 Å². The molecular formula is C12H25N3O2. The molecule has 3 N–H and O–H groups in total. The lowest BCUT2D eigenvalue weighted by atomic mass is 10.1. The highest BCUT2D eigenvalue weighted by Crippen LogP contribution is 1.92. The molecule has 0 radical (unpaired) electrons. The van der Waals surface area contributed by atoms with Crippen molar-refractivity contribution in [1.82, 2.24) is 16.0 Å². The minimum Gasteiger partial charge on any atom is -0.356 e. The number of rotatable bonds is 8. The van der Waals surface area contributed by atoms with E-state index >= 15 is 0 Å². The minimum absolute atomic E-state index is 0.0136. The van der Waals surface area contributed by atoms with Crippen LogP contribution in [0.2, 0.25) is 0 Å². The van der Waals surface area contributed by atoms with Gasteiger partial charge in [0.05, 0.1) is 0 Å². The average molecular weight is 243 g/mol. The van der Waals surface area contributed by atoms with Gasteiger partial charge in [0.2, 0.25) is 11.8 Å². The van der Waals surface area contributed by atoms with Crippen molar-refractivity contribution >= 4 is 11.8 Å². The van der Waals surface area contributed by atoms with E-state index in [9.17, 15) is 9.59 Å². The second-order valence-corrected chi connectivity index (χ2v) is 4.70. The predicted octanol–water partition coefficient (Wildman–Crippen LogP) is 0.120. The molecule has 0 aliphatic heterocycles. The van der Waals surface area contributed by atoms with Crippen molar-refractivity contribution in [1.29, 1.82) is 0 Å². The minimum atomic E-state index is -0.0706. The summed E-state index contributed by atoms with van der Waals surface area (Å²) in [6.07, 6.45) is 0.338. The highest BCUT2D eigenvalue weighted by atomic mass is 16.2. The van der Waals surface area contributed by atoms with Gasteiger partial charge in [-0.15, -0.1) is 0 Å². The van der Waals surface area contributed by atoms with E-state index in [4.69, 9.17) is 0 Å². The van der Waals surface area contributed by atoms with Gasteiger partial charge in [-0.1, -0.05) is 20.8 Å². The van der Waals surface area contributed by atoms with Crippen LogP contribution in [-0.4, -0.2) is 38.5 Å². The Morgan fingerprint density at radius 3 is 2.24 bits per heavy atom. The van der Waals surface area contributed by atoms with E-state index in [1.165, 1.54) is 0 Å². The lowest BCUT2D eigenvalue weighted by Gasteiger charge is -2.12. The summed E-state index contributed by atoms with van der Waals surface area (Å²) < 4.78 is 0. The van der Waals surface area contributed by atoms with Crippen molar-refractivity contribution < 1.29 is 9.59 Å². The molecule has 1 unspecified atom stereocenters. The Morgan fingerprint density at radius 2 is 1.71 bits per heavy atom. The van der Waals surface area contributed by atoms with Gasteiger partial charge < -0.3 is 16.0 Å². The summed E-state index contributed by atoms with van der Waals surface area (Å²) in [7, 11) is 1.81. The lowest BCUT2D eigenvalue weighted by Crippen LogP contribution is -2.37. The Kier molecular flexibility index (Phi) is 8.40. The Labute approximate surface area is 104 Å². The molecule has 0 bridgehead atoms. The van der Waals surface area contributed by atoms with Crippen LogP contribution >= 0.6 is 0 Å². The SMILES string of the molecule is CNCC(C)C(=O)NCCC(=O)NCC(C)C. The van der Waals surface area contributed by atoms with E-state index in [1.807, 2.05) is 27.8 Å². The van der Waals surface area contributed by atoms with E-state index in [0.717, 1.165) is 0 Å². The topological polar surface area (TPSA) is 70.2 Å². The third-order valence-electron chi connectivity index (χ3n) is 2.32. The zero-order valence-electron chi connectivity index (χ0n) is 11.3. The molecule has 5 heteroatoms. The second-order valence-electron chi connectivity index (χ2n) is 4.70. The van der Waals surface area contributed by atoms with E-state index in [-0.39, 0.29) is 17.7 Å². The molecule has 0 heterocycles. The third-order valence-corrected chi connectivity index (χ3v) is 2.32. The van der Waals surface area contributed by atoms with Crippen molar-refractivity contribution in [2.75, 3.05) is 26.7 Å². The maximum Gasteiger partial charge on any atom is 0.224 e. The van der Waals surface area contributed by atoms with Crippen molar-refractivity contribution in [2.45, 2.75) is 27.2 Å². The molecule has 100 valence electrons. The fraction of sp³-hybridized carbons (Fsp3) is 0.833. The van der Waals surface area contributed by atoms with Crippen molar-refractivity contribution in [2.24, 2.45) is 11.8 Å². The number of hydrogen-bond donors (Lipinski definition) is 3. The molecule has 0 aromatic rings. The van der Waals surface area contributed by atoms with Crippen LogP contribution in [0.4, 0.5) is 0 Å². The lowest BCUT2D eigenvalue weighted by molar-refractivity contribution is -0.124. The molecule has 1 atom stereocenters. The predicted molar refractivity (Wildman–Crippen MR) is 68.6 cm³/mol. The number of amides is 2. The molecule has 0 aliphatic rings. The molecular weight excluding hydrogens is 218 g/mol. The highest BCUT2D eigenvalue weighted by Gasteiger charge is 2.11. The summed E-state index contributed by atoms with van der Waals surface area (Å²) >= 11 is 0. The quantitative estimate of drug-likeness (QED) is 0.567. The normalized spacial score (nSPS) is 12.3. The first-order chi connectivity index (χ1) is 7.97. The van der Waals surface area contributed by atoms with Crippen LogP contribution in [0.1, 0.15) is 27.2 Å². The largest absolute Gasteiger partial charge is 0.356 e. The number of nitrogens with one attached hydrogen (secondary N) is 3. The molecule has 0 aliphatic carbocycles. The van der Waals surface area contributed by atoms with Crippen LogP contribution in [0.5, 0.6) is 0 Å². The fourth-order valence-corrected chi connectivity index (χ4v) is 1.28. The summed E-state index contributed by atoms with van der Waals surface area (Å²) in [5, 5.41) is 8.49. The maximum atomic E-state index is 11.5. The standard InChI is InChI=1S/C12H25N3O2/c1-9(2)7-15-11(16)5-6-14-12(17)10(3)8-13-4/h9-10,13H,5-8H2,1-4H3,(H,14,17)(H,15,16). The number of hydrogen-bond acceptors (Lipinski definition) is 3. The Balaban J connectivity index is 3.62. The van der Waals surface area contributed by atoms with Crippen LogP contribution in [0.3, 0.4) is 0 Å². The maximum absolute atomic E-state index is 11.5. The van der Waals surface area contributed by atoms with Gasteiger partial charge in [-0.25, -0.2) is 0 Å². The molecule has 0 saturated carbocycles. The van der Waals surface area contributed by atoms with Gasteiger partial charge >= 0.3 is 0 Å².